The third-order valence-corrected chi connectivity index (χ3v) is 4.13. The number of aryl methyl sites for hydroxylation is 2. The van der Waals surface area contributed by atoms with Gasteiger partial charge in [-0.05, 0) is 56.5 Å². The Morgan fingerprint density at radius 1 is 1.00 bits per heavy atom. The van der Waals surface area contributed by atoms with Crippen molar-refractivity contribution in [3.63, 3.8) is 0 Å². The molecule has 0 aliphatic heterocycles. The van der Waals surface area contributed by atoms with Gasteiger partial charge in [0.25, 0.3) is 0 Å². The lowest BCUT2D eigenvalue weighted by molar-refractivity contribution is 0.0946. The van der Waals surface area contributed by atoms with Crippen molar-refractivity contribution in [3.05, 3.63) is 64.7 Å². The van der Waals surface area contributed by atoms with Crippen LogP contribution in [0.25, 0.3) is 0 Å². The highest BCUT2D eigenvalue weighted by Gasteiger charge is 2.51. The van der Waals surface area contributed by atoms with Gasteiger partial charge < -0.3 is 5.73 Å². The van der Waals surface area contributed by atoms with E-state index in [0.29, 0.717) is 0 Å². The van der Waals surface area contributed by atoms with Gasteiger partial charge >= 0.3 is 0 Å². The Hall–Kier alpha value is -2.09. The van der Waals surface area contributed by atoms with Crippen LogP contribution in [0.2, 0.25) is 0 Å². The van der Waals surface area contributed by atoms with Crippen LogP contribution in [0.3, 0.4) is 0 Å². The van der Waals surface area contributed by atoms with Gasteiger partial charge in [0, 0.05) is 11.3 Å². The monoisotopic (exact) mass is 265 g/mol. The van der Waals surface area contributed by atoms with Crippen LogP contribution < -0.4 is 5.73 Å². The predicted octanol–water partition coefficient (Wildman–Crippen LogP) is 3.80. The number of anilines is 1. The quantitative estimate of drug-likeness (QED) is 0.677. The first kappa shape index (κ1) is 12.9. The number of nitrogens with two attached hydrogens (primary N) is 1. The van der Waals surface area contributed by atoms with E-state index in [0.717, 1.165) is 40.8 Å². The molecule has 20 heavy (non-hydrogen) atoms. The molecule has 0 atom stereocenters. The molecule has 0 bridgehead atoms. The highest BCUT2D eigenvalue weighted by Crippen LogP contribution is 2.50. The maximum absolute atomic E-state index is 12.9. The molecular formula is C18H19NO. The van der Waals surface area contributed by atoms with Gasteiger partial charge in [-0.3, -0.25) is 4.79 Å². The smallest absolute Gasteiger partial charge is 0.173 e. The van der Waals surface area contributed by atoms with Crippen molar-refractivity contribution in [1.82, 2.24) is 0 Å². The van der Waals surface area contributed by atoms with Gasteiger partial charge in [-0.25, -0.2) is 0 Å². The summed E-state index contributed by atoms with van der Waals surface area (Å²) < 4.78 is 0. The number of Topliss-reactive ketones (excluding diaryl/α,β-unsaturated/α-hetero) is 1. The minimum absolute atomic E-state index is 0.245. The normalized spacial score (nSPS) is 15.9. The molecule has 2 nitrogen and oxygen atoms in total. The number of carbonyl (C=O) groups excluding carboxylic acids is 1. The van der Waals surface area contributed by atoms with Crippen LogP contribution in [0.1, 0.15) is 39.9 Å². The first-order valence-electron chi connectivity index (χ1n) is 7.00. The van der Waals surface area contributed by atoms with E-state index in [2.05, 4.69) is 6.07 Å². The molecule has 2 heteroatoms. The van der Waals surface area contributed by atoms with Crippen LogP contribution in [-0.4, -0.2) is 5.78 Å². The molecule has 2 N–H and O–H groups in total. The Morgan fingerprint density at radius 3 is 2.05 bits per heavy atom. The van der Waals surface area contributed by atoms with E-state index in [1.54, 1.807) is 0 Å². The van der Waals surface area contributed by atoms with E-state index in [9.17, 15) is 4.79 Å². The van der Waals surface area contributed by atoms with Gasteiger partial charge in [0.05, 0.1) is 5.41 Å². The van der Waals surface area contributed by atoms with E-state index in [4.69, 9.17) is 5.73 Å². The van der Waals surface area contributed by atoms with Crippen molar-refractivity contribution in [3.8, 4) is 0 Å². The summed E-state index contributed by atoms with van der Waals surface area (Å²) in [5.41, 5.74) is 10.4. The zero-order chi connectivity index (χ0) is 14.3. The number of hydrogen-bond acceptors (Lipinski definition) is 2. The average Bonchev–Trinajstić information content (AvgIpc) is 3.19. The summed E-state index contributed by atoms with van der Waals surface area (Å²) in [4.78, 5) is 12.9. The highest BCUT2D eigenvalue weighted by atomic mass is 16.1. The molecule has 1 saturated carbocycles. The van der Waals surface area contributed by atoms with E-state index < -0.39 is 0 Å². The second-order valence-corrected chi connectivity index (χ2v) is 5.91. The fourth-order valence-electron chi connectivity index (χ4n) is 2.96. The minimum atomic E-state index is -0.312. The molecule has 0 saturated heterocycles. The standard InChI is InChI=1S/C18H19NO/c1-12-9-13(2)11-14(10-12)17(20)18(7-8-18)15-3-5-16(19)6-4-15/h3-6,9-11H,7-8,19H2,1-2H3. The SMILES string of the molecule is Cc1cc(C)cc(C(=O)C2(c3ccc(N)cc3)CC2)c1. The highest BCUT2D eigenvalue weighted by molar-refractivity contribution is 6.06. The maximum Gasteiger partial charge on any atom is 0.173 e. The first-order chi connectivity index (χ1) is 9.51. The molecule has 0 heterocycles. The second kappa shape index (κ2) is 4.48. The fourth-order valence-corrected chi connectivity index (χ4v) is 2.96. The molecule has 0 aromatic heterocycles. The molecule has 0 unspecified atom stereocenters. The van der Waals surface area contributed by atoms with Gasteiger partial charge in [0.1, 0.15) is 0 Å². The summed E-state index contributed by atoms with van der Waals surface area (Å²) in [5.74, 6) is 0.245. The van der Waals surface area contributed by atoms with E-state index in [1.807, 2.05) is 50.2 Å². The summed E-state index contributed by atoms with van der Waals surface area (Å²) >= 11 is 0. The molecule has 1 fully saturated rings. The zero-order valence-electron chi connectivity index (χ0n) is 11.9. The molecular weight excluding hydrogens is 246 g/mol. The third kappa shape index (κ3) is 2.11. The molecule has 102 valence electrons. The van der Waals surface area contributed by atoms with Crippen molar-refractivity contribution >= 4 is 11.5 Å². The number of nitrogen functional groups attached to an aromatic ring is 1. The van der Waals surface area contributed by atoms with Crippen LogP contribution in [0.15, 0.2) is 42.5 Å². The fraction of sp³-hybridized carbons (Fsp3) is 0.278. The molecule has 3 rings (SSSR count). The van der Waals surface area contributed by atoms with Crippen LogP contribution in [-0.2, 0) is 5.41 Å². The largest absolute Gasteiger partial charge is 0.399 e. The topological polar surface area (TPSA) is 43.1 Å². The summed E-state index contributed by atoms with van der Waals surface area (Å²) in [5, 5.41) is 0. The van der Waals surface area contributed by atoms with Crippen molar-refractivity contribution in [2.45, 2.75) is 32.1 Å². The molecule has 0 amide bonds. The summed E-state index contributed by atoms with van der Waals surface area (Å²) in [6.07, 6.45) is 1.87. The summed E-state index contributed by atoms with van der Waals surface area (Å²) in [7, 11) is 0. The van der Waals surface area contributed by atoms with Gasteiger partial charge in [0.15, 0.2) is 5.78 Å². The molecule has 1 aliphatic carbocycles. The number of ketones is 1. The van der Waals surface area contributed by atoms with E-state index >= 15 is 0 Å². The summed E-state index contributed by atoms with van der Waals surface area (Å²) in [6, 6.07) is 13.8. The van der Waals surface area contributed by atoms with E-state index in [-0.39, 0.29) is 11.2 Å². The van der Waals surface area contributed by atoms with Crippen LogP contribution in [0.5, 0.6) is 0 Å². The summed E-state index contributed by atoms with van der Waals surface area (Å²) in [6.45, 7) is 4.07. The van der Waals surface area contributed by atoms with Gasteiger partial charge in [0.2, 0.25) is 0 Å². The molecule has 0 spiro atoms. The minimum Gasteiger partial charge on any atom is -0.399 e. The Labute approximate surface area is 119 Å². The van der Waals surface area contributed by atoms with Crippen molar-refractivity contribution in [1.29, 1.82) is 0 Å². The Morgan fingerprint density at radius 2 is 1.55 bits per heavy atom. The number of rotatable bonds is 3. The van der Waals surface area contributed by atoms with E-state index in [1.165, 1.54) is 0 Å². The Kier molecular flexibility index (Phi) is 2.89. The lowest BCUT2D eigenvalue weighted by Gasteiger charge is -2.15. The van der Waals surface area contributed by atoms with Crippen molar-refractivity contribution in [2.24, 2.45) is 0 Å². The van der Waals surface area contributed by atoms with Gasteiger partial charge in [-0.2, -0.15) is 0 Å². The number of hydrogen-bond donors (Lipinski definition) is 1. The van der Waals surface area contributed by atoms with Crippen molar-refractivity contribution in [2.75, 3.05) is 5.73 Å². The first-order valence-corrected chi connectivity index (χ1v) is 7.00. The molecule has 2 aromatic carbocycles. The third-order valence-electron chi connectivity index (χ3n) is 4.13. The Bertz CT molecular complexity index is 646. The van der Waals surface area contributed by atoms with Crippen LogP contribution in [0.4, 0.5) is 5.69 Å². The molecule has 0 radical (unpaired) electrons. The molecule has 2 aromatic rings. The average molecular weight is 265 g/mol. The lowest BCUT2D eigenvalue weighted by atomic mass is 9.86. The van der Waals surface area contributed by atoms with Crippen LogP contribution in [0, 0.1) is 13.8 Å². The second-order valence-electron chi connectivity index (χ2n) is 5.91. The molecule has 1 aliphatic rings. The Balaban J connectivity index is 1.99. The lowest BCUT2D eigenvalue weighted by Crippen LogP contribution is -2.20. The number of benzene rings is 2. The van der Waals surface area contributed by atoms with Gasteiger partial charge in [-0.1, -0.05) is 29.3 Å². The number of carbonyl (C=O) groups is 1. The maximum atomic E-state index is 12.9. The predicted molar refractivity (Wildman–Crippen MR) is 82.0 cm³/mol. The van der Waals surface area contributed by atoms with Gasteiger partial charge in [-0.15, -0.1) is 0 Å². The van der Waals surface area contributed by atoms with Crippen LogP contribution >= 0.6 is 0 Å². The zero-order valence-corrected chi connectivity index (χ0v) is 11.9. The van der Waals surface area contributed by atoms with Crippen molar-refractivity contribution < 1.29 is 4.79 Å².